The van der Waals surface area contributed by atoms with Crippen LogP contribution in [0, 0.1) is 20.8 Å². The van der Waals surface area contributed by atoms with Crippen molar-refractivity contribution in [1.82, 2.24) is 9.73 Å². The predicted octanol–water partition coefficient (Wildman–Crippen LogP) is 4.96. The fourth-order valence-corrected chi connectivity index (χ4v) is 5.97. The molecule has 37 heavy (non-hydrogen) atoms. The Morgan fingerprint density at radius 3 is 2.16 bits per heavy atom. The summed E-state index contributed by atoms with van der Waals surface area (Å²) < 4.78 is 28.6. The van der Waals surface area contributed by atoms with Crippen LogP contribution in [0.1, 0.15) is 38.2 Å². The third kappa shape index (κ3) is 7.17. The SMILES string of the molecule is Cc1cc(C)c(S(=O)(=O)N(CC(=O)N/N=C/c2ccc(C(=O)O)cc2)Cc2ccc(Cl)c(Cl)c2)c(C)c1. The van der Waals surface area contributed by atoms with E-state index < -0.39 is 28.4 Å². The summed E-state index contributed by atoms with van der Waals surface area (Å²) in [6.45, 7) is 4.67. The van der Waals surface area contributed by atoms with E-state index in [4.69, 9.17) is 28.3 Å². The summed E-state index contributed by atoms with van der Waals surface area (Å²) in [5.74, 6) is -1.72. The first-order chi connectivity index (χ1) is 17.4. The van der Waals surface area contributed by atoms with Crippen LogP contribution in [0.5, 0.6) is 0 Å². The van der Waals surface area contributed by atoms with Gasteiger partial charge in [0.25, 0.3) is 5.91 Å². The monoisotopic (exact) mass is 561 g/mol. The summed E-state index contributed by atoms with van der Waals surface area (Å²) in [6, 6.07) is 14.2. The lowest BCUT2D eigenvalue weighted by molar-refractivity contribution is -0.121. The number of nitrogens with one attached hydrogen (secondary N) is 1. The minimum atomic E-state index is -4.10. The van der Waals surface area contributed by atoms with Gasteiger partial charge in [-0.2, -0.15) is 9.41 Å². The molecule has 0 atom stereocenters. The zero-order chi connectivity index (χ0) is 27.3. The standard InChI is InChI=1S/C26H25Cl2N3O5S/c1-16-10-17(2)25(18(3)11-16)37(35,36)31(14-20-6-9-22(27)23(28)12-20)15-24(32)30-29-13-19-4-7-21(8-5-19)26(33)34/h4-13H,14-15H2,1-3H3,(H,30,32)(H,33,34)/b29-13+. The molecular formula is C26H25Cl2N3O5S. The van der Waals surface area contributed by atoms with Gasteiger partial charge in [0.05, 0.1) is 33.3 Å². The quantitative estimate of drug-likeness (QED) is 0.283. The number of hydrogen-bond acceptors (Lipinski definition) is 5. The number of benzene rings is 3. The van der Waals surface area contributed by atoms with Gasteiger partial charge < -0.3 is 5.11 Å². The number of hydrogen-bond donors (Lipinski definition) is 2. The average Bonchev–Trinajstić information content (AvgIpc) is 2.80. The Morgan fingerprint density at radius 1 is 0.973 bits per heavy atom. The van der Waals surface area contributed by atoms with E-state index in [9.17, 15) is 18.0 Å². The molecule has 0 aliphatic heterocycles. The number of sulfonamides is 1. The van der Waals surface area contributed by atoms with Crippen LogP contribution in [0.4, 0.5) is 0 Å². The summed E-state index contributed by atoms with van der Waals surface area (Å²) in [7, 11) is -4.10. The van der Waals surface area contributed by atoms with Gasteiger partial charge in [-0.05, 0) is 67.3 Å². The number of aryl methyl sites for hydroxylation is 3. The summed E-state index contributed by atoms with van der Waals surface area (Å²) in [4.78, 5) is 23.8. The topological polar surface area (TPSA) is 116 Å². The van der Waals surface area contributed by atoms with Crippen LogP contribution < -0.4 is 5.43 Å². The lowest BCUT2D eigenvalue weighted by Crippen LogP contribution is -2.39. The third-order valence-corrected chi connectivity index (χ3v) is 8.26. The number of carboxylic acids is 1. The van der Waals surface area contributed by atoms with Gasteiger partial charge >= 0.3 is 5.97 Å². The number of halogens is 2. The van der Waals surface area contributed by atoms with E-state index in [0.717, 1.165) is 9.87 Å². The van der Waals surface area contributed by atoms with Crippen molar-refractivity contribution in [2.45, 2.75) is 32.2 Å². The van der Waals surface area contributed by atoms with Crippen LogP contribution in [0.15, 0.2) is 64.6 Å². The minimum Gasteiger partial charge on any atom is -0.478 e. The van der Waals surface area contributed by atoms with Gasteiger partial charge in [-0.15, -0.1) is 0 Å². The largest absolute Gasteiger partial charge is 0.478 e. The summed E-state index contributed by atoms with van der Waals surface area (Å²) in [5.41, 5.74) is 5.61. The van der Waals surface area contributed by atoms with Gasteiger partial charge in [0, 0.05) is 6.54 Å². The molecule has 0 aliphatic carbocycles. The lowest BCUT2D eigenvalue weighted by atomic mass is 10.1. The van der Waals surface area contributed by atoms with Crippen molar-refractivity contribution < 1.29 is 23.1 Å². The highest BCUT2D eigenvalue weighted by Gasteiger charge is 2.30. The molecule has 0 saturated heterocycles. The van der Waals surface area contributed by atoms with Gasteiger partial charge in [0.1, 0.15) is 0 Å². The molecule has 0 radical (unpaired) electrons. The number of rotatable bonds is 9. The Bertz CT molecular complexity index is 1450. The Labute approximate surface area is 225 Å². The van der Waals surface area contributed by atoms with E-state index in [1.54, 1.807) is 44.2 Å². The summed E-state index contributed by atoms with van der Waals surface area (Å²) in [6.07, 6.45) is 1.33. The summed E-state index contributed by atoms with van der Waals surface area (Å²) >= 11 is 12.1. The van der Waals surface area contributed by atoms with Gasteiger partial charge in [-0.3, -0.25) is 4.79 Å². The maximum atomic E-state index is 13.8. The van der Waals surface area contributed by atoms with Gasteiger partial charge in [-0.25, -0.2) is 18.6 Å². The molecule has 0 heterocycles. The molecule has 3 aromatic carbocycles. The second-order valence-electron chi connectivity index (χ2n) is 8.47. The average molecular weight is 562 g/mol. The van der Waals surface area contributed by atoms with Crippen molar-refractivity contribution >= 4 is 51.3 Å². The third-order valence-electron chi connectivity index (χ3n) is 5.43. The predicted molar refractivity (Wildman–Crippen MR) is 144 cm³/mol. The molecule has 3 aromatic rings. The summed E-state index contributed by atoms with van der Waals surface area (Å²) in [5, 5.41) is 13.4. The molecule has 0 saturated carbocycles. The number of carboxylic acid groups (broad SMARTS) is 1. The van der Waals surface area contributed by atoms with Crippen LogP contribution in [0.3, 0.4) is 0 Å². The second-order valence-corrected chi connectivity index (χ2v) is 11.2. The first kappa shape index (κ1) is 28.3. The number of carbonyl (C=O) groups is 2. The van der Waals surface area contributed by atoms with E-state index in [1.165, 1.54) is 30.5 Å². The zero-order valence-electron chi connectivity index (χ0n) is 20.3. The smallest absolute Gasteiger partial charge is 0.335 e. The van der Waals surface area contributed by atoms with Crippen molar-refractivity contribution in [2.24, 2.45) is 5.10 Å². The normalized spacial score (nSPS) is 11.7. The zero-order valence-corrected chi connectivity index (χ0v) is 22.7. The van der Waals surface area contributed by atoms with Gasteiger partial charge in [0.2, 0.25) is 10.0 Å². The Hall–Kier alpha value is -3.24. The van der Waals surface area contributed by atoms with Crippen LogP contribution in [0.25, 0.3) is 0 Å². The first-order valence-corrected chi connectivity index (χ1v) is 13.2. The lowest BCUT2D eigenvalue weighted by Gasteiger charge is -2.24. The molecule has 0 bridgehead atoms. The van der Waals surface area contributed by atoms with Gasteiger partial charge in [-0.1, -0.05) is 59.1 Å². The van der Waals surface area contributed by atoms with Crippen LogP contribution in [-0.4, -0.2) is 42.5 Å². The fraction of sp³-hybridized carbons (Fsp3) is 0.192. The number of amides is 1. The van der Waals surface area contributed by atoms with Gasteiger partial charge in [0.15, 0.2) is 0 Å². The molecular weight excluding hydrogens is 537 g/mol. The first-order valence-electron chi connectivity index (χ1n) is 11.1. The van der Waals surface area contributed by atoms with Crippen LogP contribution in [0.2, 0.25) is 10.0 Å². The molecule has 8 nitrogen and oxygen atoms in total. The van der Waals surface area contributed by atoms with Crippen LogP contribution >= 0.6 is 23.2 Å². The van der Waals surface area contributed by atoms with Crippen molar-refractivity contribution in [2.75, 3.05) is 6.54 Å². The van der Waals surface area contributed by atoms with Crippen molar-refractivity contribution in [3.05, 3.63) is 98.0 Å². The number of hydrazone groups is 1. The highest BCUT2D eigenvalue weighted by atomic mass is 35.5. The van der Waals surface area contributed by atoms with E-state index >= 15 is 0 Å². The maximum Gasteiger partial charge on any atom is 0.335 e. The number of carbonyl (C=O) groups excluding carboxylic acids is 1. The van der Waals surface area contributed by atoms with Crippen molar-refractivity contribution in [1.29, 1.82) is 0 Å². The van der Waals surface area contributed by atoms with E-state index in [0.29, 0.717) is 27.3 Å². The highest BCUT2D eigenvalue weighted by Crippen LogP contribution is 2.28. The van der Waals surface area contributed by atoms with E-state index in [1.807, 2.05) is 6.92 Å². The molecule has 0 aromatic heterocycles. The molecule has 1 amide bonds. The fourth-order valence-electron chi connectivity index (χ4n) is 3.86. The molecule has 0 spiro atoms. The second kappa shape index (κ2) is 11.9. The molecule has 3 rings (SSSR count). The van der Waals surface area contributed by atoms with Crippen molar-refractivity contribution in [3.63, 3.8) is 0 Å². The highest BCUT2D eigenvalue weighted by molar-refractivity contribution is 7.89. The Kier molecular flexibility index (Phi) is 9.09. The van der Waals surface area contributed by atoms with Crippen LogP contribution in [-0.2, 0) is 21.4 Å². The molecule has 194 valence electrons. The molecule has 2 N–H and O–H groups in total. The Morgan fingerprint density at radius 2 is 1.59 bits per heavy atom. The molecule has 11 heteroatoms. The van der Waals surface area contributed by atoms with Crippen molar-refractivity contribution in [3.8, 4) is 0 Å². The van der Waals surface area contributed by atoms with E-state index in [-0.39, 0.29) is 22.0 Å². The maximum absolute atomic E-state index is 13.8. The Balaban J connectivity index is 1.86. The molecule has 0 unspecified atom stereocenters. The number of aromatic carboxylic acids is 1. The minimum absolute atomic E-state index is 0.117. The van der Waals surface area contributed by atoms with E-state index in [2.05, 4.69) is 10.5 Å². The molecule has 0 fully saturated rings. The molecule has 0 aliphatic rings. The number of nitrogens with zero attached hydrogens (tertiary/aromatic N) is 2.